The Morgan fingerprint density at radius 2 is 1.84 bits per heavy atom. The molecule has 4 atom stereocenters. The fourth-order valence-corrected chi connectivity index (χ4v) is 4.25. The standard InChI is InChI=1S/C25H29F4N5O3/c1-25(2,36)12-8-14(27)21(15(28)9-12)22-13(26)4-6-18(32-22)24(35)33-19-10-31-34(3)23(19)20-7-5-17(30)16(29)11-37-20/h4,6,8-10,16-17,20,24,33,35-36H,5,7,11,30H2,1-3H3/t16-,17+,20-,24?/m0/s1. The van der Waals surface area contributed by atoms with Crippen LogP contribution >= 0.6 is 0 Å². The van der Waals surface area contributed by atoms with E-state index < -0.39 is 58.9 Å². The van der Waals surface area contributed by atoms with E-state index in [2.05, 4.69) is 15.4 Å². The minimum Gasteiger partial charge on any atom is -0.386 e. The fraction of sp³-hybridized carbons (Fsp3) is 0.440. The molecule has 200 valence electrons. The first-order valence-corrected chi connectivity index (χ1v) is 11.7. The summed E-state index contributed by atoms with van der Waals surface area (Å²) >= 11 is 0. The number of hydrogen-bond donors (Lipinski definition) is 4. The SMILES string of the molecule is Cn1ncc(NC(O)c2ccc(F)c(-c3c(F)cc(C(C)(C)O)cc3F)n2)c1[C@@H]1CC[C@@H](N)[C@@H](F)CO1. The lowest BCUT2D eigenvalue weighted by Crippen LogP contribution is -2.32. The number of alkyl halides is 1. The average Bonchev–Trinajstić information content (AvgIpc) is 3.09. The van der Waals surface area contributed by atoms with E-state index in [0.717, 1.165) is 18.2 Å². The number of anilines is 1. The van der Waals surface area contributed by atoms with Gasteiger partial charge in [0.2, 0.25) is 0 Å². The average molecular weight is 524 g/mol. The molecule has 8 nitrogen and oxygen atoms in total. The molecule has 37 heavy (non-hydrogen) atoms. The van der Waals surface area contributed by atoms with E-state index in [4.69, 9.17) is 10.5 Å². The number of nitrogens with one attached hydrogen (secondary N) is 1. The summed E-state index contributed by atoms with van der Waals surface area (Å²) in [6, 6.07) is 3.27. The van der Waals surface area contributed by atoms with E-state index in [1.54, 1.807) is 7.05 Å². The Labute approximate surface area is 211 Å². The van der Waals surface area contributed by atoms with Gasteiger partial charge in [0.05, 0.1) is 41.0 Å². The Kier molecular flexibility index (Phi) is 7.56. The Hall–Kier alpha value is -3.06. The van der Waals surface area contributed by atoms with E-state index in [0.29, 0.717) is 24.2 Å². The van der Waals surface area contributed by atoms with Crippen LogP contribution in [-0.4, -0.2) is 43.8 Å². The molecule has 2 aromatic heterocycles. The summed E-state index contributed by atoms with van der Waals surface area (Å²) in [5, 5.41) is 27.9. The van der Waals surface area contributed by atoms with Gasteiger partial charge in [0.15, 0.2) is 6.23 Å². The van der Waals surface area contributed by atoms with Crippen LogP contribution in [0.4, 0.5) is 23.2 Å². The number of pyridine rings is 1. The lowest BCUT2D eigenvalue weighted by molar-refractivity contribution is 0.0246. The third kappa shape index (κ3) is 5.61. The van der Waals surface area contributed by atoms with Gasteiger partial charge in [-0.25, -0.2) is 22.5 Å². The number of nitrogens with zero attached hydrogens (tertiary/aromatic N) is 3. The van der Waals surface area contributed by atoms with Crippen molar-refractivity contribution in [3.05, 3.63) is 64.9 Å². The smallest absolute Gasteiger partial charge is 0.168 e. The number of nitrogens with two attached hydrogens (primary N) is 1. The van der Waals surface area contributed by atoms with Crippen LogP contribution in [0.25, 0.3) is 11.3 Å². The molecule has 1 fully saturated rings. The first-order valence-electron chi connectivity index (χ1n) is 11.7. The number of aromatic nitrogens is 3. The fourth-order valence-electron chi connectivity index (χ4n) is 4.25. The molecule has 1 unspecified atom stereocenters. The first-order chi connectivity index (χ1) is 17.4. The molecule has 12 heteroatoms. The molecule has 0 spiro atoms. The largest absolute Gasteiger partial charge is 0.386 e. The van der Waals surface area contributed by atoms with Crippen LogP contribution in [0.5, 0.6) is 0 Å². The van der Waals surface area contributed by atoms with Crippen molar-refractivity contribution in [1.29, 1.82) is 0 Å². The molecule has 5 N–H and O–H groups in total. The van der Waals surface area contributed by atoms with Crippen LogP contribution in [-0.2, 0) is 17.4 Å². The highest BCUT2D eigenvalue weighted by Crippen LogP contribution is 2.35. The lowest BCUT2D eigenvalue weighted by Gasteiger charge is -2.21. The van der Waals surface area contributed by atoms with Crippen LogP contribution in [0, 0.1) is 17.5 Å². The molecule has 0 aliphatic carbocycles. The van der Waals surface area contributed by atoms with E-state index in [1.165, 1.54) is 30.8 Å². The monoisotopic (exact) mass is 523 g/mol. The number of aryl methyl sites for hydroxylation is 1. The van der Waals surface area contributed by atoms with E-state index in [9.17, 15) is 27.8 Å². The summed E-state index contributed by atoms with van der Waals surface area (Å²) in [6.45, 7) is 2.53. The second-order valence-electron chi connectivity index (χ2n) is 9.63. The number of aliphatic hydroxyl groups is 2. The van der Waals surface area contributed by atoms with Gasteiger partial charge in [-0.2, -0.15) is 5.10 Å². The molecule has 1 aliphatic rings. The minimum atomic E-state index is -1.52. The third-order valence-electron chi connectivity index (χ3n) is 6.40. The molecule has 0 saturated carbocycles. The predicted molar refractivity (Wildman–Crippen MR) is 127 cm³/mol. The number of ether oxygens (including phenoxy) is 1. The van der Waals surface area contributed by atoms with Crippen LogP contribution < -0.4 is 11.1 Å². The summed E-state index contributed by atoms with van der Waals surface area (Å²) in [5.41, 5.74) is 3.65. The van der Waals surface area contributed by atoms with Crippen molar-refractivity contribution in [3.63, 3.8) is 0 Å². The normalized spacial score (nSPS) is 21.5. The maximum absolute atomic E-state index is 14.8. The topological polar surface area (TPSA) is 118 Å². The number of halogens is 4. The molecule has 3 heterocycles. The molecule has 0 bridgehead atoms. The van der Waals surface area contributed by atoms with Gasteiger partial charge in [-0.15, -0.1) is 0 Å². The van der Waals surface area contributed by atoms with Crippen LogP contribution in [0.15, 0.2) is 30.5 Å². The second-order valence-corrected chi connectivity index (χ2v) is 9.63. The summed E-state index contributed by atoms with van der Waals surface area (Å²) in [6.07, 6.45) is -1.15. The number of hydrogen-bond acceptors (Lipinski definition) is 7. The summed E-state index contributed by atoms with van der Waals surface area (Å²) in [5.74, 6) is -3.24. The van der Waals surface area contributed by atoms with Crippen molar-refractivity contribution in [2.75, 3.05) is 11.9 Å². The zero-order chi connectivity index (χ0) is 27.1. The zero-order valence-electron chi connectivity index (χ0n) is 20.6. The van der Waals surface area contributed by atoms with Crippen LogP contribution in [0.2, 0.25) is 0 Å². The summed E-state index contributed by atoms with van der Waals surface area (Å²) in [7, 11) is 1.66. The van der Waals surface area contributed by atoms with Crippen LogP contribution in [0.3, 0.4) is 0 Å². The van der Waals surface area contributed by atoms with Crippen molar-refractivity contribution < 1.29 is 32.5 Å². The highest BCUT2D eigenvalue weighted by atomic mass is 19.1. The molecule has 1 saturated heterocycles. The van der Waals surface area contributed by atoms with Crippen molar-refractivity contribution in [2.24, 2.45) is 12.8 Å². The zero-order valence-corrected chi connectivity index (χ0v) is 20.6. The van der Waals surface area contributed by atoms with Gasteiger partial charge in [0, 0.05) is 13.1 Å². The highest BCUT2D eigenvalue weighted by molar-refractivity contribution is 5.63. The molecule has 1 aliphatic heterocycles. The van der Waals surface area contributed by atoms with E-state index >= 15 is 0 Å². The van der Waals surface area contributed by atoms with Gasteiger partial charge >= 0.3 is 0 Å². The Morgan fingerprint density at radius 1 is 1.16 bits per heavy atom. The minimum absolute atomic E-state index is 0.0330. The van der Waals surface area contributed by atoms with Crippen molar-refractivity contribution in [3.8, 4) is 11.3 Å². The first kappa shape index (κ1) is 27.0. The van der Waals surface area contributed by atoms with E-state index in [1.807, 2.05) is 0 Å². The van der Waals surface area contributed by atoms with Gasteiger partial charge in [-0.3, -0.25) is 4.68 Å². The third-order valence-corrected chi connectivity index (χ3v) is 6.40. The van der Waals surface area contributed by atoms with Gasteiger partial charge in [-0.05, 0) is 56.5 Å². The highest BCUT2D eigenvalue weighted by Gasteiger charge is 2.30. The van der Waals surface area contributed by atoms with Crippen molar-refractivity contribution in [2.45, 2.75) is 56.8 Å². The van der Waals surface area contributed by atoms with Gasteiger partial charge in [0.25, 0.3) is 0 Å². The lowest BCUT2D eigenvalue weighted by atomic mass is 9.95. The Balaban J connectivity index is 1.63. The number of benzene rings is 1. The van der Waals surface area contributed by atoms with Gasteiger partial charge in [0.1, 0.15) is 35.4 Å². The maximum Gasteiger partial charge on any atom is 0.168 e. The Bertz CT molecular complexity index is 1240. The molecule has 0 amide bonds. The molecule has 4 rings (SSSR count). The van der Waals surface area contributed by atoms with Crippen molar-refractivity contribution in [1.82, 2.24) is 14.8 Å². The molecule has 1 aromatic carbocycles. The second kappa shape index (κ2) is 10.4. The Morgan fingerprint density at radius 3 is 2.49 bits per heavy atom. The number of aliphatic hydroxyl groups excluding tert-OH is 1. The van der Waals surface area contributed by atoms with E-state index in [-0.39, 0.29) is 17.9 Å². The molecule has 0 radical (unpaired) electrons. The summed E-state index contributed by atoms with van der Waals surface area (Å²) in [4.78, 5) is 3.98. The maximum atomic E-state index is 14.8. The molecular formula is C25H29F4N5O3. The number of rotatable bonds is 6. The van der Waals surface area contributed by atoms with Crippen molar-refractivity contribution >= 4 is 5.69 Å². The quantitative estimate of drug-likeness (QED) is 0.287. The van der Waals surface area contributed by atoms with Crippen LogP contribution in [0.1, 0.15) is 56.0 Å². The molecule has 3 aromatic rings. The predicted octanol–water partition coefficient (Wildman–Crippen LogP) is 3.75. The van der Waals surface area contributed by atoms with Gasteiger partial charge in [-0.1, -0.05) is 0 Å². The molecular weight excluding hydrogens is 494 g/mol. The van der Waals surface area contributed by atoms with Gasteiger partial charge < -0.3 is 26.0 Å². The summed E-state index contributed by atoms with van der Waals surface area (Å²) < 4.78 is 65.5.